The van der Waals surface area contributed by atoms with Crippen LogP contribution in [0.1, 0.15) is 19.8 Å². The first-order valence-corrected chi connectivity index (χ1v) is 5.21. The van der Waals surface area contributed by atoms with Gasteiger partial charge in [0.25, 0.3) is 0 Å². The van der Waals surface area contributed by atoms with E-state index < -0.39 is 11.0 Å². The molecule has 11 heavy (non-hydrogen) atoms. The molecule has 66 valence electrons. The minimum absolute atomic E-state index is 0.151. The molecule has 2 N–H and O–H groups in total. The van der Waals surface area contributed by atoms with E-state index in [-0.39, 0.29) is 5.41 Å². The molecule has 0 radical (unpaired) electrons. The normalized spacial score (nSPS) is 26.4. The topological polar surface area (TPSA) is 52.3 Å². The molecule has 0 amide bonds. The van der Waals surface area contributed by atoms with Gasteiger partial charge in [0.2, 0.25) is 0 Å². The summed E-state index contributed by atoms with van der Waals surface area (Å²) >= 11 is 0. The lowest BCUT2D eigenvalue weighted by Crippen LogP contribution is -2.33. The van der Waals surface area contributed by atoms with Gasteiger partial charge >= 0.3 is 0 Å². The summed E-state index contributed by atoms with van der Waals surface area (Å²) < 4.78 is 16.0. The second-order valence-electron chi connectivity index (χ2n) is 3.45. The maximum absolute atomic E-state index is 10.8. The van der Waals surface area contributed by atoms with Crippen LogP contribution in [0, 0.1) is 5.41 Å². The predicted octanol–water partition coefficient (Wildman–Crippen LogP) is 0.425. The Morgan fingerprint density at radius 1 is 1.55 bits per heavy atom. The van der Waals surface area contributed by atoms with Gasteiger partial charge in [0.05, 0.1) is 11.0 Å². The lowest BCUT2D eigenvalue weighted by Gasteiger charge is -2.32. The Labute approximate surface area is 69.9 Å². The summed E-state index contributed by atoms with van der Waals surface area (Å²) in [6.07, 6.45) is 1.96. The zero-order valence-corrected chi connectivity index (χ0v) is 7.65. The first-order valence-electron chi connectivity index (χ1n) is 3.83. The van der Waals surface area contributed by atoms with Crippen molar-refractivity contribution in [1.29, 1.82) is 0 Å². The number of ether oxygens (including phenoxy) is 1. The number of hydrogen-bond donors (Lipinski definition) is 1. The van der Waals surface area contributed by atoms with E-state index in [0.29, 0.717) is 5.75 Å². The smallest absolute Gasteiger partial charge is 0.0893 e. The fourth-order valence-corrected chi connectivity index (χ4v) is 2.33. The third kappa shape index (κ3) is 2.89. The molecule has 0 aromatic rings. The Kier molecular flexibility index (Phi) is 3.04. The van der Waals surface area contributed by atoms with Gasteiger partial charge in [-0.15, -0.1) is 0 Å². The summed E-state index contributed by atoms with van der Waals surface area (Å²) in [4.78, 5) is 0. The third-order valence-electron chi connectivity index (χ3n) is 2.19. The average Bonchev–Trinajstić information content (AvgIpc) is 1.85. The van der Waals surface area contributed by atoms with E-state index >= 15 is 0 Å². The van der Waals surface area contributed by atoms with E-state index in [9.17, 15) is 4.21 Å². The maximum atomic E-state index is 10.8. The van der Waals surface area contributed by atoms with Crippen molar-refractivity contribution in [3.05, 3.63) is 0 Å². The second kappa shape index (κ2) is 3.65. The van der Waals surface area contributed by atoms with E-state index in [1.165, 1.54) is 0 Å². The van der Waals surface area contributed by atoms with E-state index in [1.54, 1.807) is 0 Å². The van der Waals surface area contributed by atoms with Crippen molar-refractivity contribution in [2.75, 3.05) is 19.0 Å². The fourth-order valence-electron chi connectivity index (χ4n) is 1.35. The number of rotatable bonds is 2. The summed E-state index contributed by atoms with van der Waals surface area (Å²) in [5, 5.41) is 5.24. The molecule has 0 aromatic heterocycles. The van der Waals surface area contributed by atoms with Crippen molar-refractivity contribution < 1.29 is 8.95 Å². The van der Waals surface area contributed by atoms with Gasteiger partial charge in [-0.05, 0) is 18.3 Å². The van der Waals surface area contributed by atoms with Crippen LogP contribution in [0.15, 0.2) is 0 Å². The molecule has 1 rings (SSSR count). The molecule has 1 saturated heterocycles. The van der Waals surface area contributed by atoms with Crippen LogP contribution in [-0.4, -0.2) is 23.2 Å². The molecule has 1 aliphatic rings. The van der Waals surface area contributed by atoms with Crippen LogP contribution < -0.4 is 5.14 Å². The Bertz CT molecular complexity index is 155. The monoisotopic (exact) mass is 177 g/mol. The molecule has 1 heterocycles. The van der Waals surface area contributed by atoms with Crippen molar-refractivity contribution in [3.63, 3.8) is 0 Å². The highest BCUT2D eigenvalue weighted by molar-refractivity contribution is 7.82. The van der Waals surface area contributed by atoms with Crippen LogP contribution in [-0.2, 0) is 15.7 Å². The average molecular weight is 177 g/mol. The zero-order valence-electron chi connectivity index (χ0n) is 6.84. The van der Waals surface area contributed by atoms with Crippen LogP contribution in [0.2, 0.25) is 0 Å². The SMILES string of the molecule is CC1(CS(N)=O)CCOCC1. The molecule has 4 heteroatoms. The molecule has 0 aliphatic carbocycles. The lowest BCUT2D eigenvalue weighted by molar-refractivity contribution is 0.0345. The van der Waals surface area contributed by atoms with Crippen LogP contribution in [0.3, 0.4) is 0 Å². The molecule has 0 aromatic carbocycles. The standard InChI is InChI=1S/C7H15NO2S/c1-7(6-11(8)9)2-4-10-5-3-7/h2-6,8H2,1H3. The van der Waals surface area contributed by atoms with E-state index in [1.807, 2.05) is 0 Å². The summed E-state index contributed by atoms with van der Waals surface area (Å²) in [6, 6.07) is 0. The van der Waals surface area contributed by atoms with Gasteiger partial charge in [0.15, 0.2) is 0 Å². The zero-order chi connectivity index (χ0) is 8.32. The molecule has 1 fully saturated rings. The van der Waals surface area contributed by atoms with Crippen molar-refractivity contribution in [2.24, 2.45) is 10.6 Å². The number of nitrogens with two attached hydrogens (primary N) is 1. The molecule has 0 spiro atoms. The van der Waals surface area contributed by atoms with Crippen molar-refractivity contribution in [3.8, 4) is 0 Å². The highest BCUT2D eigenvalue weighted by Crippen LogP contribution is 2.29. The molecular weight excluding hydrogens is 162 g/mol. The quantitative estimate of drug-likeness (QED) is 0.665. The van der Waals surface area contributed by atoms with Crippen LogP contribution in [0.5, 0.6) is 0 Å². The van der Waals surface area contributed by atoms with Gasteiger partial charge in [-0.3, -0.25) is 5.14 Å². The number of hydrogen-bond acceptors (Lipinski definition) is 2. The Hall–Kier alpha value is 0.0700. The summed E-state index contributed by atoms with van der Waals surface area (Å²) in [5.41, 5.74) is 0.151. The Morgan fingerprint density at radius 3 is 2.55 bits per heavy atom. The molecule has 0 bridgehead atoms. The molecule has 1 atom stereocenters. The first-order chi connectivity index (χ1) is 5.12. The van der Waals surface area contributed by atoms with Crippen LogP contribution in [0.4, 0.5) is 0 Å². The molecule has 1 aliphatic heterocycles. The van der Waals surface area contributed by atoms with Gasteiger partial charge in [-0.2, -0.15) is 0 Å². The van der Waals surface area contributed by atoms with Gasteiger partial charge in [0, 0.05) is 19.0 Å². The predicted molar refractivity (Wildman–Crippen MR) is 45.4 cm³/mol. The Morgan fingerprint density at radius 2 is 2.09 bits per heavy atom. The van der Waals surface area contributed by atoms with Gasteiger partial charge in [-0.25, -0.2) is 4.21 Å². The highest BCUT2D eigenvalue weighted by atomic mass is 32.2. The summed E-state index contributed by atoms with van der Waals surface area (Å²) in [6.45, 7) is 3.70. The van der Waals surface area contributed by atoms with Gasteiger partial charge < -0.3 is 4.74 Å². The molecule has 3 nitrogen and oxygen atoms in total. The van der Waals surface area contributed by atoms with E-state index in [2.05, 4.69) is 6.92 Å². The minimum atomic E-state index is -1.16. The minimum Gasteiger partial charge on any atom is -0.381 e. The second-order valence-corrected chi connectivity index (χ2v) is 4.50. The van der Waals surface area contributed by atoms with Gasteiger partial charge in [0.1, 0.15) is 0 Å². The molecule has 1 unspecified atom stereocenters. The van der Waals surface area contributed by atoms with Crippen molar-refractivity contribution in [2.45, 2.75) is 19.8 Å². The summed E-state index contributed by atoms with van der Waals surface area (Å²) in [5.74, 6) is 0.608. The third-order valence-corrected chi connectivity index (χ3v) is 3.17. The summed E-state index contributed by atoms with van der Waals surface area (Å²) in [7, 11) is -1.16. The highest BCUT2D eigenvalue weighted by Gasteiger charge is 2.28. The maximum Gasteiger partial charge on any atom is 0.0893 e. The molecule has 0 saturated carbocycles. The lowest BCUT2D eigenvalue weighted by atomic mass is 9.85. The fraction of sp³-hybridized carbons (Fsp3) is 1.00. The van der Waals surface area contributed by atoms with Crippen LogP contribution >= 0.6 is 0 Å². The Balaban J connectivity index is 2.43. The van der Waals surface area contributed by atoms with E-state index in [0.717, 1.165) is 26.1 Å². The van der Waals surface area contributed by atoms with Crippen molar-refractivity contribution >= 4 is 11.0 Å². The van der Waals surface area contributed by atoms with E-state index in [4.69, 9.17) is 9.88 Å². The van der Waals surface area contributed by atoms with Crippen molar-refractivity contribution in [1.82, 2.24) is 0 Å². The molecular formula is C7H15NO2S. The van der Waals surface area contributed by atoms with Gasteiger partial charge in [-0.1, -0.05) is 6.92 Å². The first kappa shape index (κ1) is 9.16. The largest absolute Gasteiger partial charge is 0.381 e. The van der Waals surface area contributed by atoms with Crippen LogP contribution in [0.25, 0.3) is 0 Å².